The molecule has 0 aliphatic heterocycles. The molecule has 0 unspecified atom stereocenters. The number of anilines is 2. The van der Waals surface area contributed by atoms with Gasteiger partial charge in [0.05, 0.1) is 24.1 Å². The van der Waals surface area contributed by atoms with E-state index in [1.54, 1.807) is 19.1 Å². The van der Waals surface area contributed by atoms with E-state index in [0.29, 0.717) is 12.4 Å². The van der Waals surface area contributed by atoms with Crippen molar-refractivity contribution in [3.05, 3.63) is 54.1 Å². The fourth-order valence-corrected chi connectivity index (χ4v) is 3.86. The summed E-state index contributed by atoms with van der Waals surface area (Å²) in [5, 5.41) is 2.34. The lowest BCUT2D eigenvalue weighted by atomic mass is 10.2. The molecule has 2 aromatic carbocycles. The quantitative estimate of drug-likeness (QED) is 0.723. The van der Waals surface area contributed by atoms with Crippen LogP contribution in [0.5, 0.6) is 5.75 Å². The van der Waals surface area contributed by atoms with Crippen molar-refractivity contribution in [1.29, 1.82) is 0 Å². The zero-order chi connectivity index (χ0) is 21.8. The van der Waals surface area contributed by atoms with Gasteiger partial charge in [0, 0.05) is 5.69 Å². The average Bonchev–Trinajstić information content (AvgIpc) is 2.62. The Morgan fingerprint density at radius 1 is 1.17 bits per heavy atom. The third-order valence-corrected chi connectivity index (χ3v) is 5.19. The zero-order valence-corrected chi connectivity index (χ0v) is 16.8. The number of alkyl halides is 3. The number of carbonyl (C=O) groups excluding carboxylic acids is 1. The highest BCUT2D eigenvalue weighted by Gasteiger charge is 2.32. The van der Waals surface area contributed by atoms with Crippen LogP contribution >= 0.6 is 0 Å². The van der Waals surface area contributed by atoms with E-state index < -0.39 is 33.7 Å². The number of hydrogen-bond donors (Lipinski definition) is 1. The number of benzene rings is 2. The number of sulfonamides is 1. The van der Waals surface area contributed by atoms with Crippen LogP contribution in [0.3, 0.4) is 0 Å². The predicted molar refractivity (Wildman–Crippen MR) is 104 cm³/mol. The first-order valence-corrected chi connectivity index (χ1v) is 10.5. The Balaban J connectivity index is 2.28. The summed E-state index contributed by atoms with van der Waals surface area (Å²) in [4.78, 5) is 12.6. The maximum Gasteiger partial charge on any atom is 0.416 e. The number of hydrogen-bond acceptors (Lipinski definition) is 4. The maximum atomic E-state index is 12.8. The third-order valence-electron chi connectivity index (χ3n) is 3.95. The number of amides is 1. The van der Waals surface area contributed by atoms with E-state index in [2.05, 4.69) is 5.32 Å². The third kappa shape index (κ3) is 5.86. The first kappa shape index (κ1) is 22.5. The van der Waals surface area contributed by atoms with Crippen LogP contribution in [0.15, 0.2) is 48.5 Å². The van der Waals surface area contributed by atoms with Gasteiger partial charge in [0.15, 0.2) is 0 Å². The van der Waals surface area contributed by atoms with Crippen molar-refractivity contribution < 1.29 is 31.1 Å². The van der Waals surface area contributed by atoms with Crippen LogP contribution < -0.4 is 14.4 Å². The van der Waals surface area contributed by atoms with Crippen molar-refractivity contribution in [3.63, 3.8) is 0 Å². The van der Waals surface area contributed by atoms with Gasteiger partial charge in [0.1, 0.15) is 11.8 Å². The van der Waals surface area contributed by atoms with Gasteiger partial charge in [-0.15, -0.1) is 0 Å². The molecule has 10 heteroatoms. The standard InChI is InChI=1S/C19H21F3N2O4S/c1-4-28-17-10-8-16(9-11-17)24(29(3,26)27)13(2)18(25)23-15-7-5-6-14(12-15)19(20,21)22/h5-13H,4H2,1-3H3,(H,23,25)/t13-/m0/s1. The summed E-state index contributed by atoms with van der Waals surface area (Å²) < 4.78 is 69.3. The smallest absolute Gasteiger partial charge is 0.416 e. The average molecular weight is 430 g/mol. The van der Waals surface area contributed by atoms with Crippen LogP contribution in [0.2, 0.25) is 0 Å². The number of carbonyl (C=O) groups is 1. The predicted octanol–water partition coefficient (Wildman–Crippen LogP) is 3.90. The Labute approximate surface area is 167 Å². The summed E-state index contributed by atoms with van der Waals surface area (Å²) in [7, 11) is -3.86. The van der Waals surface area contributed by atoms with Crippen molar-refractivity contribution in [2.75, 3.05) is 22.5 Å². The second kappa shape index (κ2) is 8.73. The molecule has 6 nitrogen and oxygen atoms in total. The van der Waals surface area contributed by atoms with Gasteiger partial charge < -0.3 is 10.1 Å². The Morgan fingerprint density at radius 3 is 2.31 bits per heavy atom. The van der Waals surface area contributed by atoms with Gasteiger partial charge in [0.25, 0.3) is 0 Å². The Kier molecular flexibility index (Phi) is 6.78. The second-order valence-corrected chi connectivity index (χ2v) is 8.09. The molecule has 0 aliphatic carbocycles. The van der Waals surface area contributed by atoms with Gasteiger partial charge in [-0.3, -0.25) is 9.10 Å². The van der Waals surface area contributed by atoms with E-state index >= 15 is 0 Å². The molecule has 1 atom stereocenters. The van der Waals surface area contributed by atoms with E-state index in [0.717, 1.165) is 28.8 Å². The molecule has 1 N–H and O–H groups in total. The molecule has 0 fully saturated rings. The van der Waals surface area contributed by atoms with Crippen LogP contribution in [0.4, 0.5) is 24.5 Å². The Morgan fingerprint density at radius 2 is 1.79 bits per heavy atom. The van der Waals surface area contributed by atoms with Gasteiger partial charge in [0.2, 0.25) is 15.9 Å². The lowest BCUT2D eigenvalue weighted by Crippen LogP contribution is -2.45. The minimum Gasteiger partial charge on any atom is -0.494 e. The highest BCUT2D eigenvalue weighted by Crippen LogP contribution is 2.31. The minimum atomic E-state index is -4.56. The molecule has 1 amide bonds. The van der Waals surface area contributed by atoms with E-state index in [1.807, 2.05) is 0 Å². The van der Waals surface area contributed by atoms with Crippen molar-refractivity contribution >= 4 is 27.3 Å². The van der Waals surface area contributed by atoms with Gasteiger partial charge in [-0.1, -0.05) is 6.07 Å². The molecule has 2 rings (SSSR count). The molecule has 158 valence electrons. The monoisotopic (exact) mass is 430 g/mol. The summed E-state index contributed by atoms with van der Waals surface area (Å²) in [5.41, 5.74) is -0.783. The summed E-state index contributed by atoms with van der Waals surface area (Å²) in [6.07, 6.45) is -3.62. The normalized spacial score (nSPS) is 12.9. The molecular formula is C19H21F3N2O4S. The zero-order valence-electron chi connectivity index (χ0n) is 16.0. The summed E-state index contributed by atoms with van der Waals surface area (Å²) in [6, 6.07) is 9.00. The first-order valence-electron chi connectivity index (χ1n) is 8.64. The number of nitrogens with zero attached hydrogens (tertiary/aromatic N) is 1. The van der Waals surface area contributed by atoms with Gasteiger partial charge in [-0.2, -0.15) is 13.2 Å². The number of nitrogens with one attached hydrogen (secondary N) is 1. The summed E-state index contributed by atoms with van der Waals surface area (Å²) >= 11 is 0. The maximum absolute atomic E-state index is 12.8. The number of halogens is 3. The molecule has 2 aromatic rings. The van der Waals surface area contributed by atoms with Crippen LogP contribution in [-0.2, 0) is 21.0 Å². The topological polar surface area (TPSA) is 75.7 Å². The summed E-state index contributed by atoms with van der Waals surface area (Å²) in [6.45, 7) is 3.59. The second-order valence-electron chi connectivity index (χ2n) is 6.23. The molecule has 0 aromatic heterocycles. The first-order chi connectivity index (χ1) is 13.4. The highest BCUT2D eigenvalue weighted by molar-refractivity contribution is 7.92. The molecule has 0 spiro atoms. The van der Waals surface area contributed by atoms with Crippen LogP contribution in [0.25, 0.3) is 0 Å². The Bertz CT molecular complexity index is 960. The van der Waals surface area contributed by atoms with Crippen molar-refractivity contribution in [2.45, 2.75) is 26.1 Å². The number of ether oxygens (including phenoxy) is 1. The molecule has 29 heavy (non-hydrogen) atoms. The van der Waals surface area contributed by atoms with E-state index in [9.17, 15) is 26.4 Å². The highest BCUT2D eigenvalue weighted by atomic mass is 32.2. The van der Waals surface area contributed by atoms with Crippen molar-refractivity contribution in [3.8, 4) is 5.75 Å². The van der Waals surface area contributed by atoms with Gasteiger partial charge >= 0.3 is 6.18 Å². The van der Waals surface area contributed by atoms with Gasteiger partial charge in [-0.05, 0) is 56.3 Å². The van der Waals surface area contributed by atoms with Crippen molar-refractivity contribution in [1.82, 2.24) is 0 Å². The van der Waals surface area contributed by atoms with Crippen LogP contribution in [0.1, 0.15) is 19.4 Å². The summed E-state index contributed by atoms with van der Waals surface area (Å²) in [5.74, 6) is -0.241. The molecule has 0 saturated carbocycles. The number of rotatable bonds is 7. The lowest BCUT2D eigenvalue weighted by Gasteiger charge is -2.28. The molecular weight excluding hydrogens is 409 g/mol. The fraction of sp³-hybridized carbons (Fsp3) is 0.316. The largest absolute Gasteiger partial charge is 0.494 e. The molecule has 0 bridgehead atoms. The van der Waals surface area contributed by atoms with Crippen LogP contribution in [-0.4, -0.2) is 33.2 Å². The van der Waals surface area contributed by atoms with E-state index in [1.165, 1.54) is 25.1 Å². The van der Waals surface area contributed by atoms with Crippen LogP contribution in [0, 0.1) is 0 Å². The van der Waals surface area contributed by atoms with Crippen molar-refractivity contribution in [2.24, 2.45) is 0 Å². The molecule has 0 radical (unpaired) electrons. The van der Waals surface area contributed by atoms with Gasteiger partial charge in [-0.25, -0.2) is 8.42 Å². The van der Waals surface area contributed by atoms with E-state index in [4.69, 9.17) is 4.74 Å². The Hall–Kier alpha value is -2.75. The SMILES string of the molecule is CCOc1ccc(N([C@@H](C)C(=O)Nc2cccc(C(F)(F)F)c2)S(C)(=O)=O)cc1. The molecule has 0 aliphatic rings. The van der Waals surface area contributed by atoms with E-state index in [-0.39, 0.29) is 11.4 Å². The minimum absolute atomic E-state index is 0.0863. The lowest BCUT2D eigenvalue weighted by molar-refractivity contribution is -0.137. The molecule has 0 heterocycles. The fourth-order valence-electron chi connectivity index (χ4n) is 2.68. The molecule has 0 saturated heterocycles.